The number of hydrogen-bond acceptors (Lipinski definition) is 4. The molecule has 1 saturated carbocycles. The highest BCUT2D eigenvalue weighted by atomic mass is 16.5. The molecule has 1 unspecified atom stereocenters. The summed E-state index contributed by atoms with van der Waals surface area (Å²) in [4.78, 5) is 2.62. The molecule has 0 aromatic rings. The molecule has 2 fully saturated rings. The Morgan fingerprint density at radius 2 is 2.00 bits per heavy atom. The highest BCUT2D eigenvalue weighted by molar-refractivity contribution is 5.09. The largest absolute Gasteiger partial charge is 0.379 e. The van der Waals surface area contributed by atoms with Crippen LogP contribution < -0.4 is 11.3 Å². The normalized spacial score (nSPS) is 25.4. The molecule has 0 spiro atoms. The summed E-state index contributed by atoms with van der Waals surface area (Å²) in [5.74, 6) is 5.90. The molecule has 3 N–H and O–H groups in total. The molecule has 1 atom stereocenters. The summed E-state index contributed by atoms with van der Waals surface area (Å²) >= 11 is 0. The van der Waals surface area contributed by atoms with Crippen LogP contribution in [-0.2, 0) is 4.74 Å². The molecule has 2 rings (SSSR count). The van der Waals surface area contributed by atoms with Crippen molar-refractivity contribution in [2.75, 3.05) is 26.3 Å². The van der Waals surface area contributed by atoms with Gasteiger partial charge in [-0.1, -0.05) is 31.9 Å². The van der Waals surface area contributed by atoms with E-state index in [1.807, 2.05) is 0 Å². The summed E-state index contributed by atoms with van der Waals surface area (Å²) in [6, 6.07) is 0.320. The highest BCUT2D eigenvalue weighted by Crippen LogP contribution is 2.40. The van der Waals surface area contributed by atoms with Gasteiger partial charge in [0.05, 0.1) is 13.2 Å². The van der Waals surface area contributed by atoms with Crippen molar-refractivity contribution in [1.82, 2.24) is 10.3 Å². The van der Waals surface area contributed by atoms with E-state index in [2.05, 4.69) is 23.8 Å². The third kappa shape index (κ3) is 3.19. The van der Waals surface area contributed by atoms with Gasteiger partial charge in [-0.15, -0.1) is 0 Å². The molecule has 0 aromatic heterocycles. The number of ether oxygens (including phenoxy) is 1. The van der Waals surface area contributed by atoms with Crippen LogP contribution in [0.4, 0.5) is 0 Å². The smallest absolute Gasteiger partial charge is 0.0594 e. The summed E-state index contributed by atoms with van der Waals surface area (Å²) < 4.78 is 5.51. The van der Waals surface area contributed by atoms with Crippen LogP contribution in [0.2, 0.25) is 0 Å². The maximum absolute atomic E-state index is 5.90. The minimum atomic E-state index is 0.219. The van der Waals surface area contributed by atoms with Crippen LogP contribution in [0.1, 0.15) is 45.4 Å². The summed E-state index contributed by atoms with van der Waals surface area (Å²) in [6.45, 7) is 10.1. The number of rotatable bonds is 6. The van der Waals surface area contributed by atoms with Crippen molar-refractivity contribution >= 4 is 0 Å². The number of morpholine rings is 1. The molecule has 1 aliphatic heterocycles. The summed E-state index contributed by atoms with van der Waals surface area (Å²) in [6.07, 6.45) is 7.15. The number of hydrazine groups is 1. The lowest BCUT2D eigenvalue weighted by Crippen LogP contribution is -2.63. The molecule has 4 heteroatoms. The van der Waals surface area contributed by atoms with Crippen molar-refractivity contribution in [3.63, 3.8) is 0 Å². The lowest BCUT2D eigenvalue weighted by molar-refractivity contribution is -0.0357. The maximum atomic E-state index is 5.90. The minimum absolute atomic E-state index is 0.219. The van der Waals surface area contributed by atoms with Crippen LogP contribution in [0, 0.1) is 0 Å². The number of nitrogens with two attached hydrogens (primary N) is 1. The molecule has 0 aromatic carbocycles. The van der Waals surface area contributed by atoms with Gasteiger partial charge in [-0.3, -0.25) is 16.2 Å². The maximum Gasteiger partial charge on any atom is 0.0594 e. The van der Waals surface area contributed by atoms with E-state index in [-0.39, 0.29) is 5.54 Å². The van der Waals surface area contributed by atoms with E-state index in [1.54, 1.807) is 0 Å². The molecule has 19 heavy (non-hydrogen) atoms. The van der Waals surface area contributed by atoms with Crippen molar-refractivity contribution < 1.29 is 4.74 Å². The third-order valence-electron chi connectivity index (χ3n) is 4.95. The van der Waals surface area contributed by atoms with Crippen molar-refractivity contribution in [2.45, 2.75) is 57.0 Å². The van der Waals surface area contributed by atoms with Gasteiger partial charge in [0.15, 0.2) is 0 Å². The minimum Gasteiger partial charge on any atom is -0.379 e. The van der Waals surface area contributed by atoms with E-state index in [0.29, 0.717) is 6.04 Å². The van der Waals surface area contributed by atoms with Crippen molar-refractivity contribution in [3.05, 3.63) is 12.2 Å². The number of nitrogens with one attached hydrogen (secondary N) is 1. The van der Waals surface area contributed by atoms with Crippen LogP contribution in [0.15, 0.2) is 12.2 Å². The summed E-state index contributed by atoms with van der Waals surface area (Å²) in [5, 5.41) is 0. The van der Waals surface area contributed by atoms with Gasteiger partial charge >= 0.3 is 0 Å². The van der Waals surface area contributed by atoms with E-state index >= 15 is 0 Å². The molecule has 1 heterocycles. The fraction of sp³-hybridized carbons (Fsp3) is 0.867. The molecular weight excluding hydrogens is 238 g/mol. The first-order valence-electron chi connectivity index (χ1n) is 7.68. The number of hydrogen-bond donors (Lipinski definition) is 2. The van der Waals surface area contributed by atoms with Crippen LogP contribution in [0.25, 0.3) is 0 Å². The Bertz CT molecular complexity index is 294. The second kappa shape index (κ2) is 6.84. The zero-order valence-corrected chi connectivity index (χ0v) is 12.3. The average Bonchev–Trinajstić information content (AvgIpc) is 2.96. The van der Waals surface area contributed by atoms with Crippen molar-refractivity contribution in [3.8, 4) is 0 Å². The average molecular weight is 267 g/mol. The van der Waals surface area contributed by atoms with Gasteiger partial charge in [-0.2, -0.15) is 0 Å². The van der Waals surface area contributed by atoms with Crippen LogP contribution in [0.5, 0.6) is 0 Å². The van der Waals surface area contributed by atoms with Gasteiger partial charge in [-0.05, 0) is 25.7 Å². The molecule has 0 radical (unpaired) electrons. The Kier molecular flexibility index (Phi) is 5.39. The Labute approximate surface area is 117 Å². The molecule has 2 aliphatic rings. The fourth-order valence-corrected chi connectivity index (χ4v) is 3.72. The molecule has 0 amide bonds. The van der Waals surface area contributed by atoms with Gasteiger partial charge in [0, 0.05) is 24.7 Å². The summed E-state index contributed by atoms with van der Waals surface area (Å²) in [7, 11) is 0. The van der Waals surface area contributed by atoms with Crippen LogP contribution in [0.3, 0.4) is 0 Å². The van der Waals surface area contributed by atoms with E-state index in [9.17, 15) is 0 Å². The Hall–Kier alpha value is -0.420. The van der Waals surface area contributed by atoms with E-state index < -0.39 is 0 Å². The predicted octanol–water partition coefficient (Wildman–Crippen LogP) is 1.82. The lowest BCUT2D eigenvalue weighted by Gasteiger charge is -2.48. The quantitative estimate of drug-likeness (QED) is 0.438. The van der Waals surface area contributed by atoms with Gasteiger partial charge in [0.2, 0.25) is 0 Å². The fourth-order valence-electron chi connectivity index (χ4n) is 3.72. The molecule has 0 bridgehead atoms. The third-order valence-corrected chi connectivity index (χ3v) is 4.95. The first kappa shape index (κ1) is 15.0. The van der Waals surface area contributed by atoms with Crippen LogP contribution in [-0.4, -0.2) is 42.8 Å². The first-order chi connectivity index (χ1) is 9.23. The van der Waals surface area contributed by atoms with Crippen molar-refractivity contribution in [2.24, 2.45) is 5.84 Å². The van der Waals surface area contributed by atoms with Gasteiger partial charge in [-0.25, -0.2) is 0 Å². The Morgan fingerprint density at radius 1 is 1.37 bits per heavy atom. The van der Waals surface area contributed by atoms with E-state index in [4.69, 9.17) is 10.6 Å². The highest BCUT2D eigenvalue weighted by Gasteiger charge is 2.45. The molecule has 1 aliphatic carbocycles. The molecular formula is C15H29N3O. The Morgan fingerprint density at radius 3 is 2.53 bits per heavy atom. The Balaban J connectivity index is 2.13. The zero-order valence-electron chi connectivity index (χ0n) is 12.3. The van der Waals surface area contributed by atoms with Gasteiger partial charge < -0.3 is 4.74 Å². The molecule has 1 saturated heterocycles. The van der Waals surface area contributed by atoms with Crippen LogP contribution >= 0.6 is 0 Å². The first-order valence-corrected chi connectivity index (χ1v) is 7.68. The van der Waals surface area contributed by atoms with Gasteiger partial charge in [0.25, 0.3) is 0 Å². The zero-order chi connectivity index (χ0) is 13.7. The predicted molar refractivity (Wildman–Crippen MR) is 78.8 cm³/mol. The second-order valence-electron chi connectivity index (χ2n) is 5.94. The SMILES string of the molecule is C=C(CC)CC(NN)C1(N2CCOCC2)CCCC1. The topological polar surface area (TPSA) is 50.5 Å². The number of nitrogens with zero attached hydrogens (tertiary/aromatic N) is 1. The standard InChI is InChI=1S/C15H29N3O/c1-3-13(2)12-14(17-16)15(6-4-5-7-15)18-8-10-19-11-9-18/h14,17H,2-12,16H2,1H3. The van der Waals surface area contributed by atoms with Gasteiger partial charge in [0.1, 0.15) is 0 Å². The van der Waals surface area contributed by atoms with E-state index in [1.165, 1.54) is 31.3 Å². The van der Waals surface area contributed by atoms with Crippen molar-refractivity contribution in [1.29, 1.82) is 0 Å². The molecule has 4 nitrogen and oxygen atoms in total. The summed E-state index contributed by atoms with van der Waals surface area (Å²) in [5.41, 5.74) is 4.62. The monoisotopic (exact) mass is 267 g/mol. The molecule has 110 valence electrons. The van der Waals surface area contributed by atoms with E-state index in [0.717, 1.165) is 39.1 Å². The second-order valence-corrected chi connectivity index (χ2v) is 5.94. The lowest BCUT2D eigenvalue weighted by atomic mass is 9.82.